The van der Waals surface area contributed by atoms with Gasteiger partial charge in [-0.25, -0.2) is 4.79 Å². The second-order valence-corrected chi connectivity index (χ2v) is 4.67. The van der Waals surface area contributed by atoms with Crippen molar-refractivity contribution >= 4 is 17.3 Å². The molecule has 0 bridgehead atoms. The minimum Gasteiger partial charge on any atom is -0.296 e. The molecular weight excluding hydrogens is 286 g/mol. The molecular formula is C12H10ClN3O4. The molecule has 104 valence electrons. The largest absolute Gasteiger partial charge is 0.328 e. The van der Waals surface area contributed by atoms with Crippen molar-refractivity contribution in [1.82, 2.24) is 9.55 Å². The second kappa shape index (κ2) is 5.30. The van der Waals surface area contributed by atoms with Crippen LogP contribution in [0.2, 0.25) is 5.02 Å². The van der Waals surface area contributed by atoms with Crippen molar-refractivity contribution in [2.24, 2.45) is 0 Å². The molecule has 0 spiro atoms. The van der Waals surface area contributed by atoms with Gasteiger partial charge in [0.1, 0.15) is 0 Å². The summed E-state index contributed by atoms with van der Waals surface area (Å²) in [4.78, 5) is 35.5. The minimum atomic E-state index is -0.621. The number of hydrogen-bond donors (Lipinski definition) is 1. The van der Waals surface area contributed by atoms with Crippen molar-refractivity contribution in [3.8, 4) is 0 Å². The number of nitro groups is 1. The Morgan fingerprint density at radius 1 is 1.40 bits per heavy atom. The van der Waals surface area contributed by atoms with Crippen molar-refractivity contribution < 1.29 is 4.92 Å². The van der Waals surface area contributed by atoms with Crippen molar-refractivity contribution in [3.05, 3.63) is 71.5 Å². The smallest absolute Gasteiger partial charge is 0.296 e. The average molecular weight is 296 g/mol. The number of hydrogen-bond acceptors (Lipinski definition) is 4. The van der Waals surface area contributed by atoms with E-state index < -0.39 is 16.2 Å². The van der Waals surface area contributed by atoms with Crippen molar-refractivity contribution in [2.75, 3.05) is 0 Å². The summed E-state index contributed by atoms with van der Waals surface area (Å²) in [6.45, 7) is 1.52. The van der Waals surface area contributed by atoms with Crippen LogP contribution in [-0.4, -0.2) is 14.5 Å². The number of halogens is 1. The maximum atomic E-state index is 11.7. The maximum Gasteiger partial charge on any atom is 0.328 e. The van der Waals surface area contributed by atoms with E-state index >= 15 is 0 Å². The molecule has 1 aromatic carbocycles. The van der Waals surface area contributed by atoms with Gasteiger partial charge in [-0.1, -0.05) is 11.6 Å². The third-order valence-corrected chi connectivity index (χ3v) is 3.01. The predicted octanol–water partition coefficient (Wildman–Crippen LogP) is 1.45. The number of H-pyrrole nitrogens is 1. The monoisotopic (exact) mass is 295 g/mol. The summed E-state index contributed by atoms with van der Waals surface area (Å²) in [5.41, 5.74) is -0.593. The maximum absolute atomic E-state index is 11.7. The minimum absolute atomic E-state index is 0.0239. The zero-order valence-corrected chi connectivity index (χ0v) is 11.2. The Labute approximate surface area is 117 Å². The Bertz CT molecular complexity index is 794. The van der Waals surface area contributed by atoms with Crippen LogP contribution in [0.5, 0.6) is 0 Å². The molecule has 2 rings (SSSR count). The number of aryl methyl sites for hydroxylation is 1. The molecule has 0 atom stereocenters. The quantitative estimate of drug-likeness (QED) is 0.684. The molecule has 0 aliphatic carbocycles. The molecule has 1 aromatic heterocycles. The highest BCUT2D eigenvalue weighted by molar-refractivity contribution is 6.30. The number of aromatic nitrogens is 2. The third kappa shape index (κ3) is 2.77. The lowest BCUT2D eigenvalue weighted by Crippen LogP contribution is -2.31. The van der Waals surface area contributed by atoms with Gasteiger partial charge in [0.2, 0.25) is 0 Å². The van der Waals surface area contributed by atoms with E-state index in [4.69, 9.17) is 11.6 Å². The van der Waals surface area contributed by atoms with Crippen molar-refractivity contribution in [2.45, 2.75) is 13.5 Å². The Morgan fingerprint density at radius 2 is 2.10 bits per heavy atom. The van der Waals surface area contributed by atoms with E-state index in [1.54, 1.807) is 6.92 Å². The first-order chi connectivity index (χ1) is 9.38. The van der Waals surface area contributed by atoms with Gasteiger partial charge in [0, 0.05) is 28.4 Å². The van der Waals surface area contributed by atoms with E-state index in [0.29, 0.717) is 11.1 Å². The Balaban J connectivity index is 2.50. The molecule has 1 heterocycles. The summed E-state index contributed by atoms with van der Waals surface area (Å²) in [6.07, 6.45) is 1.36. The van der Waals surface area contributed by atoms with E-state index in [0.717, 1.165) is 0 Å². The number of nitrogens with one attached hydrogen (secondary N) is 1. The SMILES string of the molecule is Cc1cn(Cc2ccc(Cl)cc2[N+](=O)[O-])c(=O)[nH]c1=O. The summed E-state index contributed by atoms with van der Waals surface area (Å²) < 4.78 is 1.20. The number of rotatable bonds is 3. The van der Waals surface area contributed by atoms with Crippen LogP contribution in [0.15, 0.2) is 34.0 Å². The van der Waals surface area contributed by atoms with Crippen LogP contribution in [0.4, 0.5) is 5.69 Å². The molecule has 0 radical (unpaired) electrons. The van der Waals surface area contributed by atoms with Crippen LogP contribution in [0.1, 0.15) is 11.1 Å². The normalized spacial score (nSPS) is 10.5. The average Bonchev–Trinajstić information content (AvgIpc) is 2.37. The van der Waals surface area contributed by atoms with Gasteiger partial charge in [-0.05, 0) is 19.1 Å². The molecule has 0 fully saturated rings. The van der Waals surface area contributed by atoms with E-state index in [-0.39, 0.29) is 17.3 Å². The molecule has 1 N–H and O–H groups in total. The Morgan fingerprint density at radius 3 is 2.75 bits per heavy atom. The first-order valence-corrected chi connectivity index (χ1v) is 5.99. The standard InChI is InChI=1S/C12H10ClN3O4/c1-7-5-15(12(18)14-11(7)17)6-8-2-3-9(13)4-10(8)16(19)20/h2-5H,6H2,1H3,(H,14,17,18). The molecule has 0 amide bonds. The summed E-state index contributed by atoms with van der Waals surface area (Å²) in [5.74, 6) is 0. The molecule has 0 aliphatic rings. The highest BCUT2D eigenvalue weighted by atomic mass is 35.5. The third-order valence-electron chi connectivity index (χ3n) is 2.77. The molecule has 7 nitrogen and oxygen atoms in total. The lowest BCUT2D eigenvalue weighted by Gasteiger charge is -2.07. The first-order valence-electron chi connectivity index (χ1n) is 5.61. The molecule has 0 saturated carbocycles. The Kier molecular flexibility index (Phi) is 3.71. The van der Waals surface area contributed by atoms with E-state index in [1.807, 2.05) is 0 Å². The van der Waals surface area contributed by atoms with Gasteiger partial charge in [-0.15, -0.1) is 0 Å². The summed E-state index contributed by atoms with van der Waals surface area (Å²) in [6, 6.07) is 4.21. The fourth-order valence-corrected chi connectivity index (χ4v) is 1.93. The Hall–Kier alpha value is -2.41. The van der Waals surface area contributed by atoms with Crippen LogP contribution in [0, 0.1) is 17.0 Å². The summed E-state index contributed by atoms with van der Waals surface area (Å²) >= 11 is 5.72. The molecule has 2 aromatic rings. The molecule has 20 heavy (non-hydrogen) atoms. The van der Waals surface area contributed by atoms with Gasteiger partial charge in [0.05, 0.1) is 11.5 Å². The second-order valence-electron chi connectivity index (χ2n) is 4.23. The number of aromatic amines is 1. The summed E-state index contributed by atoms with van der Waals surface area (Å²) in [5, 5.41) is 11.2. The highest BCUT2D eigenvalue weighted by Crippen LogP contribution is 2.23. The van der Waals surface area contributed by atoms with Crippen LogP contribution in [0.25, 0.3) is 0 Å². The van der Waals surface area contributed by atoms with Gasteiger partial charge in [-0.3, -0.25) is 24.5 Å². The number of benzene rings is 1. The number of nitro benzene ring substituents is 1. The van der Waals surface area contributed by atoms with Gasteiger partial charge in [0.15, 0.2) is 0 Å². The summed E-state index contributed by atoms with van der Waals surface area (Å²) in [7, 11) is 0. The number of nitrogens with zero attached hydrogens (tertiary/aromatic N) is 2. The van der Waals surface area contributed by atoms with Crippen LogP contribution < -0.4 is 11.2 Å². The predicted molar refractivity (Wildman–Crippen MR) is 73.3 cm³/mol. The lowest BCUT2D eigenvalue weighted by atomic mass is 10.2. The fourth-order valence-electron chi connectivity index (χ4n) is 1.76. The lowest BCUT2D eigenvalue weighted by molar-refractivity contribution is -0.385. The highest BCUT2D eigenvalue weighted by Gasteiger charge is 2.15. The van der Waals surface area contributed by atoms with Gasteiger partial charge in [0.25, 0.3) is 11.2 Å². The molecule has 8 heteroatoms. The van der Waals surface area contributed by atoms with Gasteiger partial charge >= 0.3 is 5.69 Å². The van der Waals surface area contributed by atoms with E-state index in [9.17, 15) is 19.7 Å². The van der Waals surface area contributed by atoms with E-state index in [1.165, 1.54) is 29.0 Å². The van der Waals surface area contributed by atoms with Gasteiger partial charge in [-0.2, -0.15) is 0 Å². The molecule has 0 aliphatic heterocycles. The van der Waals surface area contributed by atoms with Gasteiger partial charge < -0.3 is 0 Å². The zero-order chi connectivity index (χ0) is 14.9. The van der Waals surface area contributed by atoms with Crippen LogP contribution in [-0.2, 0) is 6.54 Å². The van der Waals surface area contributed by atoms with Crippen molar-refractivity contribution in [1.29, 1.82) is 0 Å². The molecule has 0 unspecified atom stereocenters. The first kappa shape index (κ1) is 14.0. The topological polar surface area (TPSA) is 98.0 Å². The zero-order valence-electron chi connectivity index (χ0n) is 10.4. The van der Waals surface area contributed by atoms with Crippen LogP contribution >= 0.6 is 11.6 Å². The van der Waals surface area contributed by atoms with Crippen LogP contribution in [0.3, 0.4) is 0 Å². The fraction of sp³-hybridized carbons (Fsp3) is 0.167. The molecule has 0 saturated heterocycles. The van der Waals surface area contributed by atoms with Crippen molar-refractivity contribution in [3.63, 3.8) is 0 Å². The van der Waals surface area contributed by atoms with E-state index in [2.05, 4.69) is 4.98 Å².